The maximum absolute atomic E-state index is 13.7. The number of furan rings is 1. The minimum Gasteiger partial charge on any atom is -0.459 e. The van der Waals surface area contributed by atoms with Crippen LogP contribution in [0.15, 0.2) is 76.1 Å². The Morgan fingerprint density at radius 3 is 2.55 bits per heavy atom. The molecule has 0 radical (unpaired) electrons. The van der Waals surface area contributed by atoms with E-state index in [4.69, 9.17) is 9.40 Å². The predicted octanol–water partition coefficient (Wildman–Crippen LogP) is 5.68. The van der Waals surface area contributed by atoms with Crippen molar-refractivity contribution in [2.75, 3.05) is 6.54 Å². The number of unbranched alkanes of at least 4 members (excludes halogenated alkanes) is 2. The third-order valence-electron chi connectivity index (χ3n) is 5.99. The molecular formula is C27H29N3O3. The Kier molecular flexibility index (Phi) is 6.73. The van der Waals surface area contributed by atoms with Gasteiger partial charge in [-0.25, -0.2) is 4.98 Å². The highest BCUT2D eigenvalue weighted by molar-refractivity contribution is 5.91. The van der Waals surface area contributed by atoms with Gasteiger partial charge in [-0.15, -0.1) is 0 Å². The summed E-state index contributed by atoms with van der Waals surface area (Å²) >= 11 is 0. The molecule has 0 N–H and O–H groups in total. The van der Waals surface area contributed by atoms with Crippen LogP contribution in [0.25, 0.3) is 16.6 Å². The summed E-state index contributed by atoms with van der Waals surface area (Å²) in [6, 6.07) is 18.0. The fraction of sp³-hybridized carbons (Fsp3) is 0.296. The second-order valence-electron chi connectivity index (χ2n) is 8.27. The summed E-state index contributed by atoms with van der Waals surface area (Å²) in [7, 11) is 0. The van der Waals surface area contributed by atoms with Crippen molar-refractivity contribution in [1.29, 1.82) is 0 Å². The normalized spacial score (nSPS) is 12.1. The van der Waals surface area contributed by atoms with Gasteiger partial charge >= 0.3 is 0 Å². The number of benzene rings is 2. The number of aryl methyl sites for hydroxylation is 1. The molecule has 0 fully saturated rings. The molecule has 0 aliphatic carbocycles. The lowest BCUT2D eigenvalue weighted by atomic mass is 10.1. The SMILES string of the molecule is CCCCCN(C(=O)c1ccco1)C(C)c1nc2ccccc2c(=O)n1-c1ccccc1C. The van der Waals surface area contributed by atoms with Gasteiger partial charge in [-0.2, -0.15) is 0 Å². The lowest BCUT2D eigenvalue weighted by Gasteiger charge is -2.30. The largest absolute Gasteiger partial charge is 0.459 e. The van der Waals surface area contributed by atoms with Gasteiger partial charge in [-0.05, 0) is 56.2 Å². The first kappa shape index (κ1) is 22.5. The van der Waals surface area contributed by atoms with Gasteiger partial charge in [-0.1, -0.05) is 50.1 Å². The van der Waals surface area contributed by atoms with E-state index >= 15 is 0 Å². The summed E-state index contributed by atoms with van der Waals surface area (Å²) < 4.78 is 7.07. The molecule has 33 heavy (non-hydrogen) atoms. The van der Waals surface area contributed by atoms with E-state index in [0.717, 1.165) is 30.5 Å². The number of fused-ring (bicyclic) bond motifs is 1. The van der Waals surface area contributed by atoms with E-state index in [1.807, 2.05) is 56.3 Å². The Labute approximate surface area is 193 Å². The molecule has 1 unspecified atom stereocenters. The Morgan fingerprint density at radius 1 is 1.06 bits per heavy atom. The highest BCUT2D eigenvalue weighted by atomic mass is 16.3. The van der Waals surface area contributed by atoms with E-state index in [0.29, 0.717) is 23.3 Å². The third kappa shape index (κ3) is 4.46. The molecule has 2 heterocycles. The predicted molar refractivity (Wildman–Crippen MR) is 130 cm³/mol. The minimum atomic E-state index is -0.448. The van der Waals surface area contributed by atoms with Crippen molar-refractivity contribution in [3.05, 3.63) is 94.4 Å². The van der Waals surface area contributed by atoms with Crippen LogP contribution in [0.1, 0.15) is 61.1 Å². The summed E-state index contributed by atoms with van der Waals surface area (Å²) in [6.45, 7) is 6.57. The average molecular weight is 444 g/mol. The molecule has 0 bridgehead atoms. The lowest BCUT2D eigenvalue weighted by molar-refractivity contribution is 0.0644. The van der Waals surface area contributed by atoms with Crippen molar-refractivity contribution in [3.63, 3.8) is 0 Å². The van der Waals surface area contributed by atoms with Gasteiger partial charge in [0.1, 0.15) is 5.82 Å². The molecule has 0 aliphatic heterocycles. The fourth-order valence-electron chi connectivity index (χ4n) is 4.16. The van der Waals surface area contributed by atoms with Crippen LogP contribution < -0.4 is 5.56 Å². The molecule has 6 nitrogen and oxygen atoms in total. The molecule has 0 saturated heterocycles. The van der Waals surface area contributed by atoms with Crippen molar-refractivity contribution in [1.82, 2.24) is 14.5 Å². The monoisotopic (exact) mass is 443 g/mol. The fourth-order valence-corrected chi connectivity index (χ4v) is 4.16. The van der Waals surface area contributed by atoms with Crippen LogP contribution in [0.4, 0.5) is 0 Å². The van der Waals surface area contributed by atoms with Gasteiger partial charge in [0, 0.05) is 6.54 Å². The van der Waals surface area contributed by atoms with Crippen molar-refractivity contribution >= 4 is 16.8 Å². The maximum Gasteiger partial charge on any atom is 0.290 e. The number of aromatic nitrogens is 2. The van der Waals surface area contributed by atoms with Crippen LogP contribution in [0.3, 0.4) is 0 Å². The van der Waals surface area contributed by atoms with Crippen molar-refractivity contribution in [3.8, 4) is 5.69 Å². The van der Waals surface area contributed by atoms with E-state index in [1.165, 1.54) is 6.26 Å². The van der Waals surface area contributed by atoms with E-state index in [2.05, 4.69) is 6.92 Å². The van der Waals surface area contributed by atoms with Crippen molar-refractivity contribution in [2.24, 2.45) is 0 Å². The van der Waals surface area contributed by atoms with Gasteiger partial charge in [-0.3, -0.25) is 14.2 Å². The Hall–Kier alpha value is -3.67. The van der Waals surface area contributed by atoms with Crippen LogP contribution in [0.5, 0.6) is 0 Å². The summed E-state index contributed by atoms with van der Waals surface area (Å²) in [6.07, 6.45) is 4.40. The van der Waals surface area contributed by atoms with Crippen LogP contribution in [-0.4, -0.2) is 26.9 Å². The zero-order valence-corrected chi connectivity index (χ0v) is 19.3. The van der Waals surface area contributed by atoms with E-state index in [-0.39, 0.29) is 17.2 Å². The van der Waals surface area contributed by atoms with Crippen LogP contribution in [0, 0.1) is 6.92 Å². The number of rotatable bonds is 8. The quantitative estimate of drug-likeness (QED) is 0.329. The summed E-state index contributed by atoms with van der Waals surface area (Å²) in [5.74, 6) is 0.607. The molecule has 1 amide bonds. The second-order valence-corrected chi connectivity index (χ2v) is 8.27. The molecule has 2 aromatic carbocycles. The number of para-hydroxylation sites is 2. The van der Waals surface area contributed by atoms with Gasteiger partial charge in [0.15, 0.2) is 5.76 Å². The van der Waals surface area contributed by atoms with Crippen LogP contribution in [0.2, 0.25) is 0 Å². The van der Waals surface area contributed by atoms with E-state index in [1.54, 1.807) is 27.7 Å². The summed E-state index contributed by atoms with van der Waals surface area (Å²) in [5, 5.41) is 0.548. The Balaban J connectivity index is 1.90. The molecule has 2 aromatic heterocycles. The number of hydrogen-bond donors (Lipinski definition) is 0. The highest BCUT2D eigenvalue weighted by Crippen LogP contribution is 2.26. The first-order valence-corrected chi connectivity index (χ1v) is 11.4. The summed E-state index contributed by atoms with van der Waals surface area (Å²) in [4.78, 5) is 33.8. The van der Waals surface area contributed by atoms with Gasteiger partial charge in [0.25, 0.3) is 11.5 Å². The zero-order chi connectivity index (χ0) is 23.4. The molecule has 4 rings (SSSR count). The number of carbonyl (C=O) groups excluding carboxylic acids is 1. The van der Waals surface area contributed by atoms with Crippen molar-refractivity contribution < 1.29 is 9.21 Å². The first-order chi connectivity index (χ1) is 16.0. The zero-order valence-electron chi connectivity index (χ0n) is 19.3. The molecule has 170 valence electrons. The van der Waals surface area contributed by atoms with Gasteiger partial charge < -0.3 is 9.32 Å². The Morgan fingerprint density at radius 2 is 1.82 bits per heavy atom. The number of hydrogen-bond acceptors (Lipinski definition) is 4. The number of nitrogens with zero attached hydrogens (tertiary/aromatic N) is 3. The average Bonchev–Trinajstić information content (AvgIpc) is 3.37. The number of amides is 1. The molecule has 1 atom stereocenters. The molecule has 0 aliphatic rings. The molecule has 0 spiro atoms. The molecule has 4 aromatic rings. The molecule has 6 heteroatoms. The second kappa shape index (κ2) is 9.86. The van der Waals surface area contributed by atoms with Gasteiger partial charge in [0.05, 0.1) is 28.9 Å². The highest BCUT2D eigenvalue weighted by Gasteiger charge is 2.28. The van der Waals surface area contributed by atoms with E-state index in [9.17, 15) is 9.59 Å². The lowest BCUT2D eigenvalue weighted by Crippen LogP contribution is -2.38. The summed E-state index contributed by atoms with van der Waals surface area (Å²) in [5.41, 5.74) is 2.20. The molecular weight excluding hydrogens is 414 g/mol. The first-order valence-electron chi connectivity index (χ1n) is 11.4. The number of carbonyl (C=O) groups is 1. The maximum atomic E-state index is 13.7. The van der Waals surface area contributed by atoms with Crippen LogP contribution >= 0.6 is 0 Å². The van der Waals surface area contributed by atoms with Gasteiger partial charge in [0.2, 0.25) is 0 Å². The van der Waals surface area contributed by atoms with Crippen molar-refractivity contribution in [2.45, 2.75) is 46.1 Å². The standard InChI is InChI=1S/C27H29N3O3/c1-4-5-10-17-29(27(32)24-16-11-18-33-24)20(3)25-28-22-14-8-7-13-21(22)26(31)30(25)23-15-9-6-12-19(23)2/h6-9,11-16,18,20H,4-5,10,17H2,1-3H3. The molecule has 0 saturated carbocycles. The minimum absolute atomic E-state index is 0.143. The van der Waals surface area contributed by atoms with Crippen LogP contribution in [-0.2, 0) is 0 Å². The topological polar surface area (TPSA) is 68.3 Å². The Bertz CT molecular complexity index is 1310. The van der Waals surface area contributed by atoms with E-state index < -0.39 is 6.04 Å². The smallest absolute Gasteiger partial charge is 0.290 e. The third-order valence-corrected chi connectivity index (χ3v) is 5.99.